The molecule has 0 fully saturated rings. The molecule has 0 aliphatic rings. The van der Waals surface area contributed by atoms with Crippen LogP contribution in [0.1, 0.15) is 18.9 Å². The zero-order valence-corrected chi connectivity index (χ0v) is 11.0. The van der Waals surface area contributed by atoms with Crippen molar-refractivity contribution < 1.29 is 36.2 Å². The molecular weight excluding hydrogens is 318 g/mol. The number of aromatic nitrogens is 1. The van der Waals surface area contributed by atoms with Crippen LogP contribution in [0.25, 0.3) is 0 Å². The number of allylic oxidation sites excluding steroid dienone is 1. The van der Waals surface area contributed by atoms with E-state index in [1.165, 1.54) is 6.92 Å². The molecule has 0 unspecified atom stereocenters. The number of carboxylic acid groups (broad SMARTS) is 1. The van der Waals surface area contributed by atoms with E-state index in [9.17, 15) is 31.1 Å². The summed E-state index contributed by atoms with van der Waals surface area (Å²) in [7, 11) is 0. The average Bonchev–Trinajstić information content (AvgIpc) is 2.36. The molecule has 0 radical (unpaired) electrons. The van der Waals surface area contributed by atoms with Gasteiger partial charge in [-0.3, -0.25) is 4.98 Å². The Bertz CT molecular complexity index is 592. The Balaban J connectivity index is 3.31. The van der Waals surface area contributed by atoms with E-state index in [4.69, 9.17) is 5.11 Å². The lowest BCUT2D eigenvalue weighted by Crippen LogP contribution is -2.24. The minimum Gasteiger partial charge on any atom is -0.478 e. The van der Waals surface area contributed by atoms with Gasteiger partial charge < -0.3 is 10.4 Å². The quantitative estimate of drug-likeness (QED) is 0.651. The van der Waals surface area contributed by atoms with Crippen LogP contribution in [0.3, 0.4) is 0 Å². The van der Waals surface area contributed by atoms with Gasteiger partial charge in [0.25, 0.3) is 0 Å². The van der Waals surface area contributed by atoms with Crippen LogP contribution in [0.2, 0.25) is 0 Å². The molecule has 1 rings (SSSR count). The Morgan fingerprint density at radius 2 is 1.82 bits per heavy atom. The summed E-state index contributed by atoms with van der Waals surface area (Å²) in [6.45, 7) is 1.18. The highest BCUT2D eigenvalue weighted by atomic mass is 19.4. The summed E-state index contributed by atoms with van der Waals surface area (Å²) in [4.78, 5) is 14.0. The average molecular weight is 328 g/mol. The summed E-state index contributed by atoms with van der Waals surface area (Å²) in [6.07, 6.45) is -9.15. The number of hydrogen-bond donors (Lipinski definition) is 2. The van der Waals surface area contributed by atoms with Gasteiger partial charge in [-0.2, -0.15) is 26.3 Å². The molecule has 22 heavy (non-hydrogen) atoms. The van der Waals surface area contributed by atoms with Gasteiger partial charge in [-0.1, -0.05) is 6.92 Å². The minimum absolute atomic E-state index is 0.411. The number of carboxylic acids is 1. The van der Waals surface area contributed by atoms with E-state index in [0.29, 0.717) is 12.3 Å². The van der Waals surface area contributed by atoms with Gasteiger partial charge in [0, 0.05) is 6.20 Å². The first-order chi connectivity index (χ1) is 9.96. The van der Waals surface area contributed by atoms with E-state index in [1.807, 2.05) is 0 Å². The summed E-state index contributed by atoms with van der Waals surface area (Å²) in [5.74, 6) is -1.82. The van der Waals surface area contributed by atoms with Crippen molar-refractivity contribution in [1.82, 2.24) is 4.98 Å². The Labute approximate surface area is 120 Å². The highest BCUT2D eigenvalue weighted by Gasteiger charge is 2.38. The molecule has 10 heteroatoms. The molecule has 1 aromatic rings. The fraction of sp³-hybridized carbons (Fsp3) is 0.333. The maximum Gasteiger partial charge on any atom is 0.431 e. The van der Waals surface area contributed by atoms with Crippen molar-refractivity contribution in [3.05, 3.63) is 35.3 Å². The van der Waals surface area contributed by atoms with Gasteiger partial charge in [0.1, 0.15) is 5.70 Å². The van der Waals surface area contributed by atoms with Crippen LogP contribution in [0.5, 0.6) is 0 Å². The van der Waals surface area contributed by atoms with E-state index in [-0.39, 0.29) is 0 Å². The molecule has 0 atom stereocenters. The Morgan fingerprint density at radius 3 is 2.23 bits per heavy atom. The Hall–Kier alpha value is -2.26. The van der Waals surface area contributed by atoms with Gasteiger partial charge in [0.05, 0.1) is 23.0 Å². The number of nitrogens with one attached hydrogen (secondary N) is 1. The number of alkyl halides is 6. The van der Waals surface area contributed by atoms with Gasteiger partial charge in [0.2, 0.25) is 0 Å². The number of aliphatic carboxylic acids is 1. The largest absolute Gasteiger partial charge is 0.478 e. The monoisotopic (exact) mass is 328 g/mol. The molecular formula is C12H10F6N2O2. The summed E-state index contributed by atoms with van der Waals surface area (Å²) in [5.41, 5.74) is -4.50. The zero-order chi connectivity index (χ0) is 17.1. The Kier molecular flexibility index (Phi) is 5.05. The summed E-state index contributed by atoms with van der Waals surface area (Å²) >= 11 is 0. The maximum absolute atomic E-state index is 12.9. The second-order valence-electron chi connectivity index (χ2n) is 4.10. The molecule has 4 nitrogen and oxygen atoms in total. The lowest BCUT2D eigenvalue weighted by molar-refractivity contribution is -0.138. The van der Waals surface area contributed by atoms with Crippen molar-refractivity contribution in [2.75, 3.05) is 5.32 Å². The van der Waals surface area contributed by atoms with E-state index >= 15 is 0 Å². The van der Waals surface area contributed by atoms with Crippen LogP contribution >= 0.6 is 0 Å². The number of hydrogen-bond acceptors (Lipinski definition) is 3. The molecule has 0 aromatic carbocycles. The molecule has 0 saturated carbocycles. The first-order valence-corrected chi connectivity index (χ1v) is 5.79. The second kappa shape index (κ2) is 6.24. The smallest absolute Gasteiger partial charge is 0.431 e. The van der Waals surface area contributed by atoms with Crippen LogP contribution in [0.4, 0.5) is 32.0 Å². The van der Waals surface area contributed by atoms with Crippen LogP contribution < -0.4 is 5.32 Å². The van der Waals surface area contributed by atoms with Gasteiger partial charge in [0.15, 0.2) is 0 Å². The highest BCUT2D eigenvalue weighted by molar-refractivity contribution is 5.88. The third-order valence-electron chi connectivity index (χ3n) is 2.53. The lowest BCUT2D eigenvalue weighted by atomic mass is 10.1. The molecule has 0 saturated heterocycles. The van der Waals surface area contributed by atoms with Gasteiger partial charge in [-0.05, 0) is 12.5 Å². The second-order valence-corrected chi connectivity index (χ2v) is 4.10. The third-order valence-corrected chi connectivity index (χ3v) is 2.53. The van der Waals surface area contributed by atoms with Crippen molar-refractivity contribution in [1.29, 1.82) is 0 Å². The van der Waals surface area contributed by atoms with Crippen molar-refractivity contribution in [3.63, 3.8) is 0 Å². The number of nitrogens with zero attached hydrogens (tertiary/aromatic N) is 1. The predicted octanol–water partition coefficient (Wildman–Crippen LogP) is 3.82. The Morgan fingerprint density at radius 1 is 1.23 bits per heavy atom. The van der Waals surface area contributed by atoms with Crippen molar-refractivity contribution in [2.45, 2.75) is 25.7 Å². The maximum atomic E-state index is 12.9. The van der Waals surface area contributed by atoms with E-state index in [1.54, 1.807) is 5.32 Å². The fourth-order valence-corrected chi connectivity index (χ4v) is 1.56. The summed E-state index contributed by atoms with van der Waals surface area (Å²) < 4.78 is 76.2. The summed E-state index contributed by atoms with van der Waals surface area (Å²) in [6, 6.07) is 0.411. The topological polar surface area (TPSA) is 62.2 Å². The number of pyridine rings is 1. The van der Waals surface area contributed by atoms with Crippen molar-refractivity contribution >= 4 is 11.7 Å². The molecule has 1 heterocycles. The molecule has 0 amide bonds. The first kappa shape index (κ1) is 17.8. The van der Waals surface area contributed by atoms with Crippen LogP contribution in [-0.4, -0.2) is 22.2 Å². The third kappa shape index (κ3) is 4.37. The van der Waals surface area contributed by atoms with Crippen molar-refractivity contribution in [2.24, 2.45) is 0 Å². The molecule has 1 aromatic heterocycles. The highest BCUT2D eigenvalue weighted by Crippen LogP contribution is 2.33. The number of anilines is 1. The van der Waals surface area contributed by atoms with Crippen molar-refractivity contribution in [3.8, 4) is 0 Å². The molecule has 0 aliphatic heterocycles. The summed E-state index contributed by atoms with van der Waals surface area (Å²) in [5, 5.41) is 10.5. The fourth-order valence-electron chi connectivity index (χ4n) is 1.56. The normalized spacial score (nSPS) is 13.6. The van der Waals surface area contributed by atoms with Gasteiger partial charge in [-0.25, -0.2) is 4.79 Å². The van der Waals surface area contributed by atoms with E-state index < -0.39 is 47.3 Å². The predicted molar refractivity (Wildman–Crippen MR) is 63.9 cm³/mol. The standard InChI is InChI=1S/C12H10F6N2O2/c1-2-8(10(21)22)9(12(16,17)18)20-7-3-6(4-19-5-7)11(13,14)15/h3-5,20H,2H2,1H3,(H,21,22)/b9-8-. The van der Waals surface area contributed by atoms with Crippen LogP contribution in [0.15, 0.2) is 29.7 Å². The molecule has 0 bridgehead atoms. The number of halogens is 6. The van der Waals surface area contributed by atoms with E-state index in [0.717, 1.165) is 6.20 Å². The van der Waals surface area contributed by atoms with Crippen LogP contribution in [0, 0.1) is 0 Å². The molecule has 0 aliphatic carbocycles. The van der Waals surface area contributed by atoms with Gasteiger partial charge in [-0.15, -0.1) is 0 Å². The van der Waals surface area contributed by atoms with Crippen LogP contribution in [-0.2, 0) is 11.0 Å². The van der Waals surface area contributed by atoms with Gasteiger partial charge >= 0.3 is 18.3 Å². The lowest BCUT2D eigenvalue weighted by Gasteiger charge is -2.17. The zero-order valence-electron chi connectivity index (χ0n) is 11.0. The molecule has 122 valence electrons. The first-order valence-electron chi connectivity index (χ1n) is 5.79. The minimum atomic E-state index is -5.07. The molecule has 2 N–H and O–H groups in total. The SMILES string of the molecule is CC/C(C(=O)O)=C(/Nc1cncc(C(F)(F)F)c1)C(F)(F)F. The number of rotatable bonds is 4. The number of carbonyl (C=O) groups is 1. The molecule has 0 spiro atoms. The van der Waals surface area contributed by atoms with E-state index in [2.05, 4.69) is 4.98 Å².